The highest BCUT2D eigenvalue weighted by Crippen LogP contribution is 2.26. The largest absolute Gasteiger partial charge is 0.340 e. The smallest absolute Gasteiger partial charge is 0.222 e. The van der Waals surface area contributed by atoms with Crippen LogP contribution in [-0.4, -0.2) is 27.2 Å². The number of carbonyl (C=O) groups excluding carboxylic acids is 1. The van der Waals surface area contributed by atoms with Crippen LogP contribution in [0.1, 0.15) is 37.1 Å². The van der Waals surface area contributed by atoms with E-state index in [1.165, 1.54) is 5.56 Å². The molecule has 0 aliphatic carbocycles. The van der Waals surface area contributed by atoms with Gasteiger partial charge in [-0.15, -0.1) is 0 Å². The van der Waals surface area contributed by atoms with Gasteiger partial charge in [0.15, 0.2) is 0 Å². The van der Waals surface area contributed by atoms with E-state index in [9.17, 15) is 10.1 Å². The second kappa shape index (κ2) is 7.63. The van der Waals surface area contributed by atoms with Crippen molar-refractivity contribution in [3.63, 3.8) is 0 Å². The molecule has 138 valence electrons. The number of hydrogen-bond acceptors (Lipinski definition) is 3. The van der Waals surface area contributed by atoms with Crippen LogP contribution in [0.25, 0.3) is 16.9 Å². The van der Waals surface area contributed by atoms with E-state index in [2.05, 4.69) is 18.2 Å². The second-order valence-electron chi connectivity index (χ2n) is 7.38. The van der Waals surface area contributed by atoms with Crippen molar-refractivity contribution < 1.29 is 4.79 Å². The Balaban J connectivity index is 2.09. The van der Waals surface area contributed by atoms with Crippen LogP contribution in [0.4, 0.5) is 0 Å². The Labute approximate surface area is 159 Å². The Bertz CT molecular complexity index is 1010. The van der Waals surface area contributed by atoms with E-state index in [-0.39, 0.29) is 5.91 Å². The van der Waals surface area contributed by atoms with Gasteiger partial charge < -0.3 is 9.30 Å². The second-order valence-corrected chi connectivity index (χ2v) is 7.38. The normalized spacial score (nSPS) is 11.0. The molecule has 0 bridgehead atoms. The number of fused-ring (bicyclic) bond motifs is 1. The average Bonchev–Trinajstić information content (AvgIpc) is 2.99. The first-order valence-electron chi connectivity index (χ1n) is 9.11. The van der Waals surface area contributed by atoms with Crippen molar-refractivity contribution in [2.75, 3.05) is 7.05 Å². The summed E-state index contributed by atoms with van der Waals surface area (Å²) in [6.07, 6.45) is 2.30. The summed E-state index contributed by atoms with van der Waals surface area (Å²) in [6, 6.07) is 14.0. The van der Waals surface area contributed by atoms with E-state index in [0.29, 0.717) is 24.4 Å². The maximum absolute atomic E-state index is 12.5. The third kappa shape index (κ3) is 4.01. The van der Waals surface area contributed by atoms with E-state index >= 15 is 0 Å². The van der Waals surface area contributed by atoms with Gasteiger partial charge in [-0.05, 0) is 25.0 Å². The molecule has 0 N–H and O–H groups in total. The van der Waals surface area contributed by atoms with Crippen LogP contribution in [-0.2, 0) is 11.3 Å². The number of imidazole rings is 1. The lowest BCUT2D eigenvalue weighted by Crippen LogP contribution is -2.28. The average molecular weight is 360 g/mol. The molecule has 0 saturated carbocycles. The number of benzene rings is 1. The maximum atomic E-state index is 12.5. The molecule has 0 spiro atoms. The number of aryl methyl sites for hydroxylation is 1. The molecule has 3 aromatic rings. The van der Waals surface area contributed by atoms with Gasteiger partial charge in [0.1, 0.15) is 11.7 Å². The number of nitrogens with zero attached hydrogens (tertiary/aromatic N) is 4. The predicted octanol–water partition coefficient (Wildman–Crippen LogP) is 4.19. The first-order valence-corrected chi connectivity index (χ1v) is 9.11. The summed E-state index contributed by atoms with van der Waals surface area (Å²) in [5.41, 5.74) is 5.26. The Morgan fingerprint density at radius 3 is 2.56 bits per heavy atom. The van der Waals surface area contributed by atoms with Crippen molar-refractivity contribution >= 4 is 11.6 Å². The summed E-state index contributed by atoms with van der Waals surface area (Å²) in [7, 11) is 1.82. The van der Waals surface area contributed by atoms with E-state index < -0.39 is 0 Å². The number of pyridine rings is 1. The zero-order valence-corrected chi connectivity index (χ0v) is 16.2. The molecule has 0 atom stereocenters. The summed E-state index contributed by atoms with van der Waals surface area (Å²) in [4.78, 5) is 19.0. The molecule has 0 radical (unpaired) electrons. The Morgan fingerprint density at radius 1 is 1.22 bits per heavy atom. The van der Waals surface area contributed by atoms with E-state index in [4.69, 9.17) is 4.98 Å². The minimum atomic E-state index is 0.103. The Kier molecular flexibility index (Phi) is 5.27. The van der Waals surface area contributed by atoms with Crippen LogP contribution in [0.3, 0.4) is 0 Å². The van der Waals surface area contributed by atoms with E-state index in [1.807, 2.05) is 50.4 Å². The molecule has 0 aliphatic heterocycles. The minimum absolute atomic E-state index is 0.103. The third-order valence-electron chi connectivity index (χ3n) is 4.57. The van der Waals surface area contributed by atoms with Crippen LogP contribution in [0.2, 0.25) is 0 Å². The highest BCUT2D eigenvalue weighted by Gasteiger charge is 2.19. The fourth-order valence-electron chi connectivity index (χ4n) is 3.07. The standard InChI is InChI=1S/C22H24N4O/c1-15(2)11-21(27)25(4)14-19-22(18-8-5-16(3)6-9-18)24-20-10-7-17(12-23)13-26(19)20/h5-10,13,15H,11,14H2,1-4H3. The van der Waals surface area contributed by atoms with Gasteiger partial charge in [-0.2, -0.15) is 5.26 Å². The van der Waals surface area contributed by atoms with Gasteiger partial charge in [0.05, 0.1) is 23.5 Å². The zero-order chi connectivity index (χ0) is 19.6. The summed E-state index contributed by atoms with van der Waals surface area (Å²) < 4.78 is 1.92. The molecule has 2 heterocycles. The van der Waals surface area contributed by atoms with Crippen LogP contribution in [0, 0.1) is 24.2 Å². The van der Waals surface area contributed by atoms with Crippen LogP contribution in [0.15, 0.2) is 42.6 Å². The Morgan fingerprint density at radius 2 is 1.93 bits per heavy atom. The summed E-state index contributed by atoms with van der Waals surface area (Å²) >= 11 is 0. The van der Waals surface area contributed by atoms with Crippen molar-refractivity contribution in [3.8, 4) is 17.3 Å². The molecule has 3 rings (SSSR count). The number of amides is 1. The van der Waals surface area contributed by atoms with Crippen molar-refractivity contribution in [2.45, 2.75) is 33.7 Å². The molecule has 2 aromatic heterocycles. The minimum Gasteiger partial charge on any atom is -0.340 e. The van der Waals surface area contributed by atoms with Gasteiger partial charge in [0.25, 0.3) is 0 Å². The number of nitriles is 1. The van der Waals surface area contributed by atoms with Gasteiger partial charge in [-0.25, -0.2) is 4.98 Å². The lowest BCUT2D eigenvalue weighted by molar-refractivity contribution is -0.131. The number of aromatic nitrogens is 2. The van der Waals surface area contributed by atoms with Crippen molar-refractivity contribution in [1.82, 2.24) is 14.3 Å². The van der Waals surface area contributed by atoms with E-state index in [1.54, 1.807) is 17.2 Å². The van der Waals surface area contributed by atoms with Crippen LogP contribution < -0.4 is 0 Å². The predicted molar refractivity (Wildman–Crippen MR) is 106 cm³/mol. The monoisotopic (exact) mass is 360 g/mol. The number of rotatable bonds is 5. The lowest BCUT2D eigenvalue weighted by Gasteiger charge is -2.19. The quantitative estimate of drug-likeness (QED) is 0.685. The van der Waals surface area contributed by atoms with Crippen molar-refractivity contribution in [3.05, 3.63) is 59.4 Å². The van der Waals surface area contributed by atoms with E-state index in [0.717, 1.165) is 22.6 Å². The molecule has 0 aliphatic rings. The van der Waals surface area contributed by atoms with Gasteiger partial charge in [0, 0.05) is 25.2 Å². The fourth-order valence-corrected chi connectivity index (χ4v) is 3.07. The number of carbonyl (C=O) groups is 1. The molecule has 5 nitrogen and oxygen atoms in total. The molecule has 1 aromatic carbocycles. The van der Waals surface area contributed by atoms with Crippen LogP contribution in [0.5, 0.6) is 0 Å². The number of hydrogen-bond donors (Lipinski definition) is 0. The Hall–Kier alpha value is -3.13. The zero-order valence-electron chi connectivity index (χ0n) is 16.2. The summed E-state index contributed by atoms with van der Waals surface area (Å²) in [5, 5.41) is 9.26. The first-order chi connectivity index (χ1) is 12.9. The highest BCUT2D eigenvalue weighted by atomic mass is 16.2. The van der Waals surface area contributed by atoms with Crippen molar-refractivity contribution in [1.29, 1.82) is 5.26 Å². The lowest BCUT2D eigenvalue weighted by atomic mass is 10.1. The molecule has 0 saturated heterocycles. The molecule has 0 unspecified atom stereocenters. The molecule has 5 heteroatoms. The fraction of sp³-hybridized carbons (Fsp3) is 0.318. The van der Waals surface area contributed by atoms with Gasteiger partial charge in [-0.1, -0.05) is 43.7 Å². The third-order valence-corrected chi connectivity index (χ3v) is 4.57. The molecule has 0 fully saturated rings. The van der Waals surface area contributed by atoms with Crippen molar-refractivity contribution in [2.24, 2.45) is 5.92 Å². The molecule has 27 heavy (non-hydrogen) atoms. The molecule has 1 amide bonds. The van der Waals surface area contributed by atoms with Crippen LogP contribution >= 0.6 is 0 Å². The SMILES string of the molecule is Cc1ccc(-c2nc3ccc(C#N)cn3c2CN(C)C(=O)CC(C)C)cc1. The first kappa shape index (κ1) is 18.7. The topological polar surface area (TPSA) is 61.4 Å². The maximum Gasteiger partial charge on any atom is 0.222 e. The molecular weight excluding hydrogens is 336 g/mol. The molecular formula is C22H24N4O. The summed E-state index contributed by atoms with van der Waals surface area (Å²) in [6.45, 7) is 6.56. The summed E-state index contributed by atoms with van der Waals surface area (Å²) in [5.74, 6) is 0.412. The highest BCUT2D eigenvalue weighted by molar-refractivity contribution is 5.76. The van der Waals surface area contributed by atoms with Gasteiger partial charge in [-0.3, -0.25) is 4.79 Å². The van der Waals surface area contributed by atoms with Gasteiger partial charge in [0.2, 0.25) is 5.91 Å². The van der Waals surface area contributed by atoms with Gasteiger partial charge >= 0.3 is 0 Å².